The summed E-state index contributed by atoms with van der Waals surface area (Å²) in [5.41, 5.74) is 3.18. The third-order valence-corrected chi connectivity index (χ3v) is 5.51. The zero-order chi connectivity index (χ0) is 21.4. The van der Waals surface area contributed by atoms with E-state index in [0.29, 0.717) is 12.2 Å². The Labute approximate surface area is 183 Å². The molecule has 0 heterocycles. The Hall–Kier alpha value is -2.09. The lowest BCUT2D eigenvalue weighted by atomic mass is 10.0. The van der Waals surface area contributed by atoms with E-state index in [-0.39, 0.29) is 5.83 Å². The van der Waals surface area contributed by atoms with Crippen molar-refractivity contribution < 1.29 is 9.13 Å². The molecule has 0 aliphatic heterocycles. The fraction of sp³-hybridized carbons (Fsp3) is 0.500. The molecule has 2 aromatic rings. The van der Waals surface area contributed by atoms with Gasteiger partial charge in [0.05, 0.1) is 0 Å². The summed E-state index contributed by atoms with van der Waals surface area (Å²) in [4.78, 5) is 0. The molecule has 0 aromatic heterocycles. The van der Waals surface area contributed by atoms with E-state index in [9.17, 15) is 4.39 Å². The van der Waals surface area contributed by atoms with Gasteiger partial charge in [0.25, 0.3) is 0 Å². The third kappa shape index (κ3) is 9.61. The normalized spacial score (nSPS) is 11.6. The molecule has 0 radical (unpaired) electrons. The molecule has 0 fully saturated rings. The Morgan fingerprint density at radius 2 is 1.33 bits per heavy atom. The molecule has 2 aromatic carbocycles. The molecule has 0 amide bonds. The summed E-state index contributed by atoms with van der Waals surface area (Å²) in [7, 11) is 0. The SMILES string of the molecule is CCCCCCCC=C(F)c1ccc(OCc2ccc(CCCCCC)cc2)cc1. The van der Waals surface area contributed by atoms with Crippen LogP contribution in [0.15, 0.2) is 54.6 Å². The molecule has 0 aliphatic carbocycles. The molecule has 1 nitrogen and oxygen atoms in total. The van der Waals surface area contributed by atoms with Crippen molar-refractivity contribution in [2.75, 3.05) is 0 Å². The highest BCUT2D eigenvalue weighted by molar-refractivity contribution is 5.59. The lowest BCUT2D eigenvalue weighted by Crippen LogP contribution is -1.96. The van der Waals surface area contributed by atoms with E-state index in [0.717, 1.165) is 30.6 Å². The molecule has 0 spiro atoms. The molecule has 0 atom stereocenters. The van der Waals surface area contributed by atoms with Gasteiger partial charge in [-0.15, -0.1) is 0 Å². The number of rotatable bonds is 15. The van der Waals surface area contributed by atoms with Crippen molar-refractivity contribution in [3.63, 3.8) is 0 Å². The van der Waals surface area contributed by atoms with E-state index in [1.807, 2.05) is 12.1 Å². The van der Waals surface area contributed by atoms with Crippen LogP contribution < -0.4 is 4.74 Å². The molecule has 2 rings (SSSR count). The maximum absolute atomic E-state index is 14.3. The van der Waals surface area contributed by atoms with Crippen molar-refractivity contribution in [3.05, 3.63) is 71.3 Å². The van der Waals surface area contributed by atoms with Gasteiger partial charge in [-0.2, -0.15) is 0 Å². The van der Waals surface area contributed by atoms with Gasteiger partial charge in [0.1, 0.15) is 18.2 Å². The van der Waals surface area contributed by atoms with Crippen LogP contribution in [0.1, 0.15) is 94.7 Å². The van der Waals surface area contributed by atoms with Gasteiger partial charge in [0.2, 0.25) is 0 Å². The van der Waals surface area contributed by atoms with Crippen LogP contribution in [0.2, 0.25) is 0 Å². The predicted octanol–water partition coefficient (Wildman–Crippen LogP) is 9.06. The van der Waals surface area contributed by atoms with Crippen LogP contribution in [0, 0.1) is 0 Å². The fourth-order valence-electron chi connectivity index (χ4n) is 3.53. The quantitative estimate of drug-likeness (QED) is 0.266. The minimum Gasteiger partial charge on any atom is -0.489 e. The largest absolute Gasteiger partial charge is 0.489 e. The lowest BCUT2D eigenvalue weighted by molar-refractivity contribution is 0.306. The van der Waals surface area contributed by atoms with E-state index >= 15 is 0 Å². The molecule has 0 saturated heterocycles. The monoisotopic (exact) mass is 410 g/mol. The van der Waals surface area contributed by atoms with Crippen LogP contribution in [-0.4, -0.2) is 0 Å². The highest BCUT2D eigenvalue weighted by Crippen LogP contribution is 2.22. The molecule has 0 saturated carbocycles. The average Bonchev–Trinajstić information content (AvgIpc) is 2.78. The Balaban J connectivity index is 1.73. The van der Waals surface area contributed by atoms with Crippen molar-refractivity contribution in [3.8, 4) is 5.75 Å². The number of aryl methyl sites for hydroxylation is 1. The van der Waals surface area contributed by atoms with Crippen molar-refractivity contribution in [1.82, 2.24) is 0 Å². The first-order valence-corrected chi connectivity index (χ1v) is 11.9. The van der Waals surface area contributed by atoms with Gasteiger partial charge < -0.3 is 4.74 Å². The van der Waals surface area contributed by atoms with E-state index in [4.69, 9.17) is 4.74 Å². The Morgan fingerprint density at radius 1 is 0.733 bits per heavy atom. The molecule has 0 aliphatic rings. The first-order chi connectivity index (χ1) is 14.7. The lowest BCUT2D eigenvalue weighted by Gasteiger charge is -2.08. The van der Waals surface area contributed by atoms with Crippen LogP contribution in [-0.2, 0) is 13.0 Å². The minimum absolute atomic E-state index is 0.133. The standard InChI is InChI=1S/C28H39FO/c1-3-5-7-9-10-12-14-28(29)26-19-21-27(22-20-26)30-23-25-17-15-24(16-18-25)13-11-8-6-4-2/h14-22H,3-13,23H2,1-2H3. The van der Waals surface area contributed by atoms with E-state index in [1.54, 1.807) is 18.2 Å². The highest BCUT2D eigenvalue weighted by Gasteiger charge is 2.02. The zero-order valence-electron chi connectivity index (χ0n) is 19.0. The van der Waals surface area contributed by atoms with Gasteiger partial charge in [-0.05, 0) is 67.2 Å². The molecule has 2 heteroatoms. The van der Waals surface area contributed by atoms with Crippen LogP contribution in [0.3, 0.4) is 0 Å². The molecular weight excluding hydrogens is 371 g/mol. The van der Waals surface area contributed by atoms with Gasteiger partial charge in [0, 0.05) is 5.56 Å². The Morgan fingerprint density at radius 3 is 2.00 bits per heavy atom. The smallest absolute Gasteiger partial charge is 0.126 e. The predicted molar refractivity (Wildman–Crippen MR) is 128 cm³/mol. The van der Waals surface area contributed by atoms with Crippen LogP contribution in [0.5, 0.6) is 5.75 Å². The topological polar surface area (TPSA) is 9.23 Å². The van der Waals surface area contributed by atoms with E-state index < -0.39 is 0 Å². The summed E-state index contributed by atoms with van der Waals surface area (Å²) in [6, 6.07) is 16.0. The third-order valence-electron chi connectivity index (χ3n) is 5.51. The van der Waals surface area contributed by atoms with Crippen molar-refractivity contribution in [2.45, 2.75) is 91.1 Å². The summed E-state index contributed by atoms with van der Waals surface area (Å²) >= 11 is 0. The maximum Gasteiger partial charge on any atom is 0.126 e. The van der Waals surface area contributed by atoms with Crippen LogP contribution >= 0.6 is 0 Å². The number of allylic oxidation sites excluding steroid dienone is 1. The molecule has 0 N–H and O–H groups in total. The van der Waals surface area contributed by atoms with Crippen molar-refractivity contribution in [1.29, 1.82) is 0 Å². The van der Waals surface area contributed by atoms with Crippen molar-refractivity contribution in [2.24, 2.45) is 0 Å². The fourth-order valence-corrected chi connectivity index (χ4v) is 3.53. The zero-order valence-corrected chi connectivity index (χ0v) is 19.0. The molecule has 0 unspecified atom stereocenters. The van der Waals surface area contributed by atoms with E-state index in [2.05, 4.69) is 38.1 Å². The second-order valence-corrected chi connectivity index (χ2v) is 8.20. The summed E-state index contributed by atoms with van der Waals surface area (Å²) in [5.74, 6) is 0.640. The number of ether oxygens (including phenoxy) is 1. The number of unbranched alkanes of at least 4 members (excludes halogenated alkanes) is 8. The first-order valence-electron chi connectivity index (χ1n) is 11.9. The summed E-state index contributed by atoms with van der Waals surface area (Å²) in [6.07, 6.45) is 14.9. The number of hydrogen-bond acceptors (Lipinski definition) is 1. The summed E-state index contributed by atoms with van der Waals surface area (Å²) in [6.45, 7) is 4.98. The molecule has 0 bridgehead atoms. The average molecular weight is 411 g/mol. The van der Waals surface area contributed by atoms with Gasteiger partial charge in [-0.1, -0.05) is 83.1 Å². The van der Waals surface area contributed by atoms with Crippen LogP contribution in [0.25, 0.3) is 5.83 Å². The van der Waals surface area contributed by atoms with Gasteiger partial charge in [-0.25, -0.2) is 4.39 Å². The van der Waals surface area contributed by atoms with Crippen molar-refractivity contribution >= 4 is 5.83 Å². The second kappa shape index (κ2) is 14.8. The highest BCUT2D eigenvalue weighted by atomic mass is 19.1. The van der Waals surface area contributed by atoms with Crippen LogP contribution in [0.4, 0.5) is 4.39 Å². The first kappa shape index (κ1) is 24.2. The Bertz CT molecular complexity index is 715. The minimum atomic E-state index is -0.133. The second-order valence-electron chi connectivity index (χ2n) is 8.20. The number of halogens is 1. The number of benzene rings is 2. The maximum atomic E-state index is 14.3. The molecular formula is C28H39FO. The van der Waals surface area contributed by atoms with Gasteiger partial charge in [-0.3, -0.25) is 0 Å². The Kier molecular flexibility index (Phi) is 11.9. The van der Waals surface area contributed by atoms with Gasteiger partial charge in [0.15, 0.2) is 0 Å². The number of hydrogen-bond donors (Lipinski definition) is 0. The molecule has 164 valence electrons. The summed E-state index contributed by atoms with van der Waals surface area (Å²) < 4.78 is 20.2. The van der Waals surface area contributed by atoms with Gasteiger partial charge >= 0.3 is 0 Å². The van der Waals surface area contributed by atoms with E-state index in [1.165, 1.54) is 56.9 Å². The molecule has 30 heavy (non-hydrogen) atoms. The summed E-state index contributed by atoms with van der Waals surface area (Å²) in [5, 5.41) is 0.